The maximum absolute atomic E-state index is 5.41. The second-order valence-electron chi connectivity index (χ2n) is 4.30. The summed E-state index contributed by atoms with van der Waals surface area (Å²) in [6, 6.07) is 2.16. The largest absolute Gasteiger partial charge is 0.496 e. The zero-order valence-corrected chi connectivity index (χ0v) is 11.6. The number of nitrogens with one attached hydrogen (secondary N) is 2. The monoisotopic (exact) mass is 236 g/mol. The minimum atomic E-state index is 0.944. The van der Waals surface area contributed by atoms with E-state index in [9.17, 15) is 0 Å². The molecule has 0 saturated carbocycles. The molecular weight excluding hydrogens is 212 g/mol. The first kappa shape index (κ1) is 13.8. The van der Waals surface area contributed by atoms with Crippen LogP contribution in [-0.4, -0.2) is 26.7 Å². The van der Waals surface area contributed by atoms with Crippen LogP contribution >= 0.6 is 0 Å². The molecule has 1 aromatic rings. The number of anilines is 1. The third kappa shape index (κ3) is 3.37. The lowest BCUT2D eigenvalue weighted by atomic mass is 10.0. The topological polar surface area (TPSA) is 33.3 Å². The summed E-state index contributed by atoms with van der Waals surface area (Å²) in [6.45, 7) is 11.4. The van der Waals surface area contributed by atoms with Gasteiger partial charge in [-0.15, -0.1) is 0 Å². The zero-order chi connectivity index (χ0) is 12.8. The van der Waals surface area contributed by atoms with E-state index in [0.29, 0.717) is 0 Å². The van der Waals surface area contributed by atoms with Crippen LogP contribution < -0.4 is 15.4 Å². The molecule has 96 valence electrons. The van der Waals surface area contributed by atoms with Crippen LogP contribution in [0.15, 0.2) is 6.07 Å². The molecule has 17 heavy (non-hydrogen) atoms. The van der Waals surface area contributed by atoms with Crippen molar-refractivity contribution >= 4 is 5.69 Å². The predicted molar refractivity (Wildman–Crippen MR) is 74.2 cm³/mol. The van der Waals surface area contributed by atoms with Crippen LogP contribution in [0.3, 0.4) is 0 Å². The van der Waals surface area contributed by atoms with Gasteiger partial charge in [-0.1, -0.05) is 6.92 Å². The summed E-state index contributed by atoms with van der Waals surface area (Å²) >= 11 is 0. The van der Waals surface area contributed by atoms with E-state index in [1.807, 2.05) is 0 Å². The van der Waals surface area contributed by atoms with Gasteiger partial charge in [-0.25, -0.2) is 0 Å². The first-order chi connectivity index (χ1) is 8.11. The Morgan fingerprint density at radius 1 is 1.12 bits per heavy atom. The van der Waals surface area contributed by atoms with Gasteiger partial charge in [0.25, 0.3) is 0 Å². The summed E-state index contributed by atoms with van der Waals surface area (Å²) in [6.07, 6.45) is 0. The molecule has 0 fully saturated rings. The maximum atomic E-state index is 5.41. The highest BCUT2D eigenvalue weighted by Crippen LogP contribution is 2.31. The Morgan fingerprint density at radius 3 is 2.41 bits per heavy atom. The van der Waals surface area contributed by atoms with Gasteiger partial charge in [0.2, 0.25) is 0 Å². The molecule has 3 heteroatoms. The van der Waals surface area contributed by atoms with E-state index in [4.69, 9.17) is 4.74 Å². The summed E-state index contributed by atoms with van der Waals surface area (Å²) in [5.41, 5.74) is 4.88. The number of likely N-dealkylation sites (N-methyl/N-ethyl adjacent to an activating group) is 1. The molecule has 1 aromatic carbocycles. The average molecular weight is 236 g/mol. The van der Waals surface area contributed by atoms with Gasteiger partial charge < -0.3 is 15.4 Å². The van der Waals surface area contributed by atoms with Crippen LogP contribution in [0.4, 0.5) is 5.69 Å². The minimum absolute atomic E-state index is 0.944. The first-order valence-electron chi connectivity index (χ1n) is 6.21. The predicted octanol–water partition coefficient (Wildman–Crippen LogP) is 2.64. The summed E-state index contributed by atoms with van der Waals surface area (Å²) in [5.74, 6) is 1.000. The number of benzene rings is 1. The number of rotatable bonds is 6. The summed E-state index contributed by atoms with van der Waals surface area (Å²) in [5, 5.41) is 6.77. The van der Waals surface area contributed by atoms with Crippen molar-refractivity contribution in [2.24, 2.45) is 0 Å². The number of hydrogen-bond acceptors (Lipinski definition) is 3. The van der Waals surface area contributed by atoms with E-state index in [2.05, 4.69) is 44.4 Å². The van der Waals surface area contributed by atoms with Crippen molar-refractivity contribution < 1.29 is 4.74 Å². The van der Waals surface area contributed by atoms with Crippen LogP contribution in [0.5, 0.6) is 5.75 Å². The normalized spacial score (nSPS) is 10.4. The molecular formula is C14H24N2O. The second-order valence-corrected chi connectivity index (χ2v) is 4.30. The maximum Gasteiger partial charge on any atom is 0.125 e. The summed E-state index contributed by atoms with van der Waals surface area (Å²) in [7, 11) is 1.73. The zero-order valence-electron chi connectivity index (χ0n) is 11.6. The Labute approximate surface area is 105 Å². The second kappa shape index (κ2) is 6.50. The van der Waals surface area contributed by atoms with E-state index < -0.39 is 0 Å². The number of hydrogen-bond donors (Lipinski definition) is 2. The molecule has 0 heterocycles. The van der Waals surface area contributed by atoms with Crippen LogP contribution in [0.1, 0.15) is 23.6 Å². The highest BCUT2D eigenvalue weighted by Gasteiger charge is 2.09. The van der Waals surface area contributed by atoms with Crippen molar-refractivity contribution in [3.05, 3.63) is 22.8 Å². The van der Waals surface area contributed by atoms with Crippen LogP contribution in [0.25, 0.3) is 0 Å². The molecule has 1 rings (SSSR count). The van der Waals surface area contributed by atoms with Gasteiger partial charge in [0.15, 0.2) is 0 Å². The number of ether oxygens (including phenoxy) is 1. The third-order valence-corrected chi connectivity index (χ3v) is 3.10. The molecule has 0 saturated heterocycles. The fraction of sp³-hybridized carbons (Fsp3) is 0.571. The van der Waals surface area contributed by atoms with Crippen molar-refractivity contribution in [2.45, 2.75) is 27.7 Å². The molecule has 0 aliphatic heterocycles. The molecule has 0 bridgehead atoms. The van der Waals surface area contributed by atoms with Crippen molar-refractivity contribution in [2.75, 3.05) is 32.1 Å². The number of methoxy groups -OCH3 is 1. The summed E-state index contributed by atoms with van der Waals surface area (Å²) < 4.78 is 5.41. The van der Waals surface area contributed by atoms with Gasteiger partial charge >= 0.3 is 0 Å². The van der Waals surface area contributed by atoms with Crippen molar-refractivity contribution in [1.82, 2.24) is 5.32 Å². The average Bonchev–Trinajstić information content (AvgIpc) is 2.31. The van der Waals surface area contributed by atoms with Gasteiger partial charge in [-0.05, 0) is 50.1 Å². The smallest absolute Gasteiger partial charge is 0.125 e. The SMILES string of the molecule is CCNCCNc1cc(C)c(OC)c(C)c1C. The van der Waals surface area contributed by atoms with E-state index in [0.717, 1.165) is 25.4 Å². The lowest BCUT2D eigenvalue weighted by molar-refractivity contribution is 0.408. The standard InChI is InChI=1S/C14H24N2O/c1-6-15-7-8-16-13-9-10(2)14(17-5)12(4)11(13)3/h9,15-16H,6-8H2,1-5H3. The Kier molecular flexibility index (Phi) is 5.29. The molecule has 0 aliphatic carbocycles. The fourth-order valence-corrected chi connectivity index (χ4v) is 2.02. The van der Waals surface area contributed by atoms with Gasteiger partial charge in [0.1, 0.15) is 5.75 Å². The molecule has 0 spiro atoms. The van der Waals surface area contributed by atoms with Gasteiger partial charge in [-0.2, -0.15) is 0 Å². The molecule has 0 radical (unpaired) electrons. The van der Waals surface area contributed by atoms with E-state index >= 15 is 0 Å². The lowest BCUT2D eigenvalue weighted by Gasteiger charge is -2.17. The molecule has 0 unspecified atom stereocenters. The third-order valence-electron chi connectivity index (χ3n) is 3.10. The van der Waals surface area contributed by atoms with Gasteiger partial charge in [-0.3, -0.25) is 0 Å². The van der Waals surface area contributed by atoms with E-state index in [1.54, 1.807) is 7.11 Å². The Balaban J connectivity index is 2.80. The fourth-order valence-electron chi connectivity index (χ4n) is 2.02. The summed E-state index contributed by atoms with van der Waals surface area (Å²) in [4.78, 5) is 0. The molecule has 0 aliphatic rings. The van der Waals surface area contributed by atoms with Crippen molar-refractivity contribution in [3.63, 3.8) is 0 Å². The van der Waals surface area contributed by atoms with Crippen LogP contribution in [-0.2, 0) is 0 Å². The lowest BCUT2D eigenvalue weighted by Crippen LogP contribution is -2.22. The molecule has 0 atom stereocenters. The van der Waals surface area contributed by atoms with E-state index in [-0.39, 0.29) is 0 Å². The highest BCUT2D eigenvalue weighted by atomic mass is 16.5. The molecule has 3 nitrogen and oxygen atoms in total. The van der Waals surface area contributed by atoms with Gasteiger partial charge in [0.05, 0.1) is 7.11 Å². The molecule has 0 amide bonds. The number of aryl methyl sites for hydroxylation is 1. The first-order valence-corrected chi connectivity index (χ1v) is 6.21. The molecule has 2 N–H and O–H groups in total. The molecule has 0 aromatic heterocycles. The Bertz CT molecular complexity index is 375. The Morgan fingerprint density at radius 2 is 1.82 bits per heavy atom. The van der Waals surface area contributed by atoms with Crippen molar-refractivity contribution in [1.29, 1.82) is 0 Å². The Hall–Kier alpha value is -1.22. The van der Waals surface area contributed by atoms with Crippen molar-refractivity contribution in [3.8, 4) is 5.75 Å². The van der Waals surface area contributed by atoms with E-state index in [1.165, 1.54) is 22.4 Å². The van der Waals surface area contributed by atoms with Gasteiger partial charge in [0, 0.05) is 18.8 Å². The minimum Gasteiger partial charge on any atom is -0.496 e. The highest BCUT2D eigenvalue weighted by molar-refractivity contribution is 5.61. The van der Waals surface area contributed by atoms with Crippen LogP contribution in [0.2, 0.25) is 0 Å². The quantitative estimate of drug-likeness (QED) is 0.745. The van der Waals surface area contributed by atoms with Crippen LogP contribution in [0, 0.1) is 20.8 Å².